The maximum absolute atomic E-state index is 13.1. The molecule has 0 saturated heterocycles. The lowest BCUT2D eigenvalue weighted by molar-refractivity contribution is 0.213. The van der Waals surface area contributed by atoms with Crippen molar-refractivity contribution in [2.75, 3.05) is 6.54 Å². The molecule has 2 N–H and O–H groups in total. The molecule has 0 bridgehead atoms. The van der Waals surface area contributed by atoms with Crippen molar-refractivity contribution in [1.82, 2.24) is 0 Å². The quantitative estimate of drug-likeness (QED) is 0.892. The summed E-state index contributed by atoms with van der Waals surface area (Å²) in [7, 11) is 0. The summed E-state index contributed by atoms with van der Waals surface area (Å²) in [6.07, 6.45) is 0.742. The van der Waals surface area contributed by atoms with Crippen LogP contribution >= 0.6 is 0 Å². The Morgan fingerprint density at radius 2 is 1.89 bits per heavy atom. The van der Waals surface area contributed by atoms with Gasteiger partial charge >= 0.3 is 0 Å². The number of aryl methyl sites for hydroxylation is 1. The van der Waals surface area contributed by atoms with Crippen LogP contribution in [0.3, 0.4) is 0 Å². The van der Waals surface area contributed by atoms with E-state index in [1.54, 1.807) is 12.1 Å². The third-order valence-corrected chi connectivity index (χ3v) is 3.05. The fourth-order valence-electron chi connectivity index (χ4n) is 1.92. The van der Waals surface area contributed by atoms with Gasteiger partial charge in [-0.25, -0.2) is 4.39 Å². The van der Waals surface area contributed by atoms with Crippen LogP contribution in [0.5, 0.6) is 5.75 Å². The van der Waals surface area contributed by atoms with E-state index in [0.717, 1.165) is 12.0 Å². The summed E-state index contributed by atoms with van der Waals surface area (Å²) in [6, 6.07) is 14.2. The van der Waals surface area contributed by atoms with E-state index in [0.29, 0.717) is 12.3 Å². The highest BCUT2D eigenvalue weighted by atomic mass is 19.1. The first-order valence-electron chi connectivity index (χ1n) is 6.44. The molecular weight excluding hydrogens is 241 g/mol. The van der Waals surface area contributed by atoms with Crippen molar-refractivity contribution < 1.29 is 9.13 Å². The highest BCUT2D eigenvalue weighted by molar-refractivity contribution is 5.27. The molecule has 0 heterocycles. The zero-order chi connectivity index (χ0) is 13.7. The van der Waals surface area contributed by atoms with E-state index in [-0.39, 0.29) is 11.9 Å². The topological polar surface area (TPSA) is 35.2 Å². The van der Waals surface area contributed by atoms with Crippen LogP contribution in [0.25, 0.3) is 0 Å². The monoisotopic (exact) mass is 259 g/mol. The first kappa shape index (κ1) is 13.6. The van der Waals surface area contributed by atoms with Gasteiger partial charge in [0, 0.05) is 12.6 Å². The molecule has 3 heteroatoms. The Labute approximate surface area is 113 Å². The molecule has 2 aromatic carbocycles. The van der Waals surface area contributed by atoms with Crippen molar-refractivity contribution in [2.45, 2.75) is 19.4 Å². The highest BCUT2D eigenvalue weighted by Crippen LogP contribution is 2.22. The van der Waals surface area contributed by atoms with E-state index in [4.69, 9.17) is 10.5 Å². The summed E-state index contributed by atoms with van der Waals surface area (Å²) in [5, 5.41) is 0. The van der Waals surface area contributed by atoms with Crippen LogP contribution in [0, 0.1) is 5.82 Å². The molecule has 100 valence electrons. The van der Waals surface area contributed by atoms with E-state index in [1.165, 1.54) is 17.7 Å². The van der Waals surface area contributed by atoms with Gasteiger partial charge in [0.05, 0.1) is 0 Å². The van der Waals surface area contributed by atoms with Crippen LogP contribution in [0.15, 0.2) is 48.5 Å². The summed E-state index contributed by atoms with van der Waals surface area (Å²) < 4.78 is 18.9. The number of hydrogen-bond donors (Lipinski definition) is 1. The van der Waals surface area contributed by atoms with Crippen LogP contribution in [0.2, 0.25) is 0 Å². The van der Waals surface area contributed by atoms with Gasteiger partial charge in [0.25, 0.3) is 0 Å². The zero-order valence-corrected chi connectivity index (χ0v) is 11.0. The maximum atomic E-state index is 13.1. The number of ether oxygens (including phenoxy) is 1. The number of nitrogens with two attached hydrogens (primary N) is 1. The molecule has 0 aliphatic rings. The molecule has 2 rings (SSSR count). The minimum atomic E-state index is -0.311. The number of rotatable bonds is 5. The highest BCUT2D eigenvalue weighted by Gasteiger charge is 2.11. The van der Waals surface area contributed by atoms with Gasteiger partial charge in [-0.3, -0.25) is 0 Å². The molecule has 0 aliphatic carbocycles. The third-order valence-electron chi connectivity index (χ3n) is 3.05. The van der Waals surface area contributed by atoms with E-state index >= 15 is 0 Å². The van der Waals surface area contributed by atoms with E-state index in [2.05, 4.69) is 19.1 Å². The number of hydrogen-bond acceptors (Lipinski definition) is 2. The fourth-order valence-corrected chi connectivity index (χ4v) is 1.92. The average molecular weight is 259 g/mol. The molecule has 0 aliphatic heterocycles. The Balaban J connectivity index is 2.15. The van der Waals surface area contributed by atoms with E-state index in [9.17, 15) is 4.39 Å². The minimum absolute atomic E-state index is 0.257. The second kappa shape index (κ2) is 6.34. The molecule has 1 unspecified atom stereocenters. The predicted molar refractivity (Wildman–Crippen MR) is 74.6 cm³/mol. The van der Waals surface area contributed by atoms with Gasteiger partial charge in [-0.05, 0) is 29.7 Å². The molecule has 2 aromatic rings. The van der Waals surface area contributed by atoms with Gasteiger partial charge in [-0.15, -0.1) is 0 Å². The molecule has 2 nitrogen and oxygen atoms in total. The van der Waals surface area contributed by atoms with Gasteiger partial charge in [-0.1, -0.05) is 37.3 Å². The lowest BCUT2D eigenvalue weighted by Gasteiger charge is -2.18. The molecule has 0 saturated carbocycles. The largest absolute Gasteiger partial charge is 0.484 e. The number of halogens is 1. The molecule has 0 spiro atoms. The fraction of sp³-hybridized carbons (Fsp3) is 0.250. The molecule has 19 heavy (non-hydrogen) atoms. The molecule has 0 fully saturated rings. The van der Waals surface area contributed by atoms with Crippen molar-refractivity contribution in [3.8, 4) is 5.75 Å². The minimum Gasteiger partial charge on any atom is -0.484 e. The second-order valence-corrected chi connectivity index (χ2v) is 4.39. The second-order valence-electron chi connectivity index (χ2n) is 4.39. The summed E-state index contributed by atoms with van der Waals surface area (Å²) in [4.78, 5) is 0. The smallest absolute Gasteiger partial charge is 0.136 e. The van der Waals surface area contributed by atoms with Gasteiger partial charge < -0.3 is 10.5 Å². The van der Waals surface area contributed by atoms with Crippen LogP contribution in [-0.2, 0) is 6.42 Å². The van der Waals surface area contributed by atoms with Crippen LogP contribution < -0.4 is 10.5 Å². The average Bonchev–Trinajstić information content (AvgIpc) is 2.45. The van der Waals surface area contributed by atoms with Gasteiger partial charge in [-0.2, -0.15) is 0 Å². The normalized spacial score (nSPS) is 12.2. The van der Waals surface area contributed by atoms with Gasteiger partial charge in [0.1, 0.15) is 17.7 Å². The zero-order valence-electron chi connectivity index (χ0n) is 11.0. The van der Waals surface area contributed by atoms with Crippen molar-refractivity contribution >= 4 is 0 Å². The molecular formula is C16H18FNO. The molecule has 1 atom stereocenters. The summed E-state index contributed by atoms with van der Waals surface area (Å²) in [5.74, 6) is 0.185. The van der Waals surface area contributed by atoms with Crippen molar-refractivity contribution in [2.24, 2.45) is 5.73 Å². The first-order valence-corrected chi connectivity index (χ1v) is 6.44. The molecule has 0 aromatic heterocycles. The van der Waals surface area contributed by atoms with Crippen LogP contribution in [0.4, 0.5) is 4.39 Å². The van der Waals surface area contributed by atoms with E-state index < -0.39 is 0 Å². The van der Waals surface area contributed by atoms with Gasteiger partial charge in [0.2, 0.25) is 0 Å². The van der Waals surface area contributed by atoms with E-state index in [1.807, 2.05) is 12.1 Å². The van der Waals surface area contributed by atoms with Crippen molar-refractivity contribution in [1.29, 1.82) is 0 Å². The SMILES string of the molecule is CCc1ccc(C(CN)Oc2cccc(F)c2)cc1. The summed E-state index contributed by atoms with van der Waals surface area (Å²) in [6.45, 7) is 2.46. The molecule has 0 radical (unpaired) electrons. The lowest BCUT2D eigenvalue weighted by atomic mass is 10.1. The standard InChI is InChI=1S/C16H18FNO/c1-2-12-6-8-13(9-7-12)16(11-18)19-15-5-3-4-14(17)10-15/h3-10,16H,2,11,18H2,1H3. The Kier molecular flexibility index (Phi) is 4.53. The Hall–Kier alpha value is -1.87. The Morgan fingerprint density at radius 1 is 1.16 bits per heavy atom. The van der Waals surface area contributed by atoms with Gasteiger partial charge in [0.15, 0.2) is 0 Å². The lowest BCUT2D eigenvalue weighted by Crippen LogP contribution is -2.18. The summed E-state index contributed by atoms with van der Waals surface area (Å²) >= 11 is 0. The first-order chi connectivity index (χ1) is 9.22. The third kappa shape index (κ3) is 3.55. The molecule has 0 amide bonds. The Morgan fingerprint density at radius 3 is 2.47 bits per heavy atom. The summed E-state index contributed by atoms with van der Waals surface area (Å²) in [5.41, 5.74) is 8.01. The number of benzene rings is 2. The Bertz CT molecular complexity index is 525. The van der Waals surface area contributed by atoms with Crippen molar-refractivity contribution in [3.63, 3.8) is 0 Å². The predicted octanol–water partition coefficient (Wildman–Crippen LogP) is 3.47. The van der Waals surface area contributed by atoms with Crippen LogP contribution in [-0.4, -0.2) is 6.54 Å². The van der Waals surface area contributed by atoms with Crippen LogP contribution in [0.1, 0.15) is 24.2 Å². The van der Waals surface area contributed by atoms with Crippen molar-refractivity contribution in [3.05, 3.63) is 65.5 Å². The maximum Gasteiger partial charge on any atom is 0.136 e.